The van der Waals surface area contributed by atoms with Crippen LogP contribution in [0.15, 0.2) is 0 Å². The first kappa shape index (κ1) is 13.3. The maximum absolute atomic E-state index is 5.41. The molecule has 0 aromatic rings. The molecule has 0 radical (unpaired) electrons. The molecule has 0 bridgehead atoms. The van der Waals surface area contributed by atoms with Gasteiger partial charge < -0.3 is 10.1 Å². The van der Waals surface area contributed by atoms with E-state index in [9.17, 15) is 0 Å². The summed E-state index contributed by atoms with van der Waals surface area (Å²) >= 11 is 0. The van der Waals surface area contributed by atoms with Crippen LogP contribution in [-0.2, 0) is 4.74 Å². The van der Waals surface area contributed by atoms with Crippen LogP contribution in [0.5, 0.6) is 0 Å². The largest absolute Gasteiger partial charge is 0.380 e. The maximum atomic E-state index is 5.41. The van der Waals surface area contributed by atoms with E-state index in [1.54, 1.807) is 0 Å². The molecule has 1 aliphatic carbocycles. The van der Waals surface area contributed by atoms with Crippen molar-refractivity contribution < 1.29 is 4.74 Å². The Morgan fingerprint density at radius 1 is 1.24 bits per heavy atom. The van der Waals surface area contributed by atoms with E-state index >= 15 is 0 Å². The number of nitrogens with zero attached hydrogens (tertiary/aromatic N) is 1. The Bertz CT molecular complexity index is 226. The lowest BCUT2D eigenvalue weighted by atomic mass is 9.81. The Morgan fingerprint density at radius 2 is 2.00 bits per heavy atom. The van der Waals surface area contributed by atoms with Gasteiger partial charge in [-0.1, -0.05) is 19.3 Å². The highest BCUT2D eigenvalue weighted by atomic mass is 16.5. The van der Waals surface area contributed by atoms with Crippen LogP contribution in [0.4, 0.5) is 0 Å². The van der Waals surface area contributed by atoms with E-state index in [1.807, 2.05) is 7.11 Å². The lowest BCUT2D eigenvalue weighted by Gasteiger charge is -2.40. The van der Waals surface area contributed by atoms with Gasteiger partial charge >= 0.3 is 0 Å². The van der Waals surface area contributed by atoms with Crippen molar-refractivity contribution in [3.05, 3.63) is 0 Å². The first-order valence-corrected chi connectivity index (χ1v) is 7.24. The third-order valence-electron chi connectivity index (χ3n) is 4.41. The van der Waals surface area contributed by atoms with Crippen molar-refractivity contribution >= 4 is 0 Å². The molecular weight excluding hydrogens is 212 g/mol. The lowest BCUT2D eigenvalue weighted by molar-refractivity contribution is 0.0646. The van der Waals surface area contributed by atoms with Gasteiger partial charge in [0.05, 0.1) is 6.10 Å². The summed E-state index contributed by atoms with van der Waals surface area (Å²) in [6.45, 7) is 6.90. The zero-order valence-electron chi connectivity index (χ0n) is 11.5. The maximum Gasteiger partial charge on any atom is 0.0670 e. The van der Waals surface area contributed by atoms with Gasteiger partial charge in [-0.25, -0.2) is 0 Å². The number of nitrogens with one attached hydrogen (secondary N) is 1. The molecule has 2 fully saturated rings. The Hall–Kier alpha value is -0.120. The van der Waals surface area contributed by atoms with Crippen molar-refractivity contribution in [1.82, 2.24) is 10.2 Å². The highest BCUT2D eigenvalue weighted by Gasteiger charge is 2.34. The van der Waals surface area contributed by atoms with E-state index in [0.29, 0.717) is 11.6 Å². The first-order chi connectivity index (χ1) is 8.24. The van der Waals surface area contributed by atoms with Crippen LogP contribution in [0, 0.1) is 0 Å². The Labute approximate surface area is 106 Å². The molecule has 17 heavy (non-hydrogen) atoms. The van der Waals surface area contributed by atoms with E-state index in [1.165, 1.54) is 58.2 Å². The molecule has 2 rings (SSSR count). The van der Waals surface area contributed by atoms with Crippen molar-refractivity contribution in [2.45, 2.75) is 57.1 Å². The standard InChI is InChI=1S/C14H28N2O/c1-13(17-2)11-16-10-6-9-15-14(12-16)7-4-3-5-8-14/h13,15H,3-12H2,1-2H3. The summed E-state index contributed by atoms with van der Waals surface area (Å²) in [7, 11) is 1.82. The van der Waals surface area contributed by atoms with Gasteiger partial charge in [0.15, 0.2) is 0 Å². The predicted molar refractivity (Wildman–Crippen MR) is 71.3 cm³/mol. The highest BCUT2D eigenvalue weighted by molar-refractivity contribution is 4.95. The number of hydrogen-bond acceptors (Lipinski definition) is 3. The summed E-state index contributed by atoms with van der Waals surface area (Å²) in [4.78, 5) is 2.61. The fourth-order valence-corrected chi connectivity index (χ4v) is 3.38. The minimum atomic E-state index is 0.355. The summed E-state index contributed by atoms with van der Waals surface area (Å²) in [5.74, 6) is 0. The minimum Gasteiger partial charge on any atom is -0.380 e. The normalized spacial score (nSPS) is 27.9. The van der Waals surface area contributed by atoms with Gasteiger partial charge in [0.25, 0.3) is 0 Å². The Morgan fingerprint density at radius 3 is 2.71 bits per heavy atom. The second-order valence-corrected chi connectivity index (χ2v) is 5.90. The topological polar surface area (TPSA) is 24.5 Å². The van der Waals surface area contributed by atoms with E-state index in [2.05, 4.69) is 17.1 Å². The quantitative estimate of drug-likeness (QED) is 0.817. The molecular formula is C14H28N2O. The highest BCUT2D eigenvalue weighted by Crippen LogP contribution is 2.30. The van der Waals surface area contributed by atoms with E-state index in [-0.39, 0.29) is 0 Å². The minimum absolute atomic E-state index is 0.355. The molecule has 1 saturated carbocycles. The van der Waals surface area contributed by atoms with Crippen LogP contribution in [0.1, 0.15) is 45.4 Å². The van der Waals surface area contributed by atoms with Crippen LogP contribution >= 0.6 is 0 Å². The Kier molecular flexibility index (Phi) is 4.83. The third-order valence-corrected chi connectivity index (χ3v) is 4.41. The average molecular weight is 240 g/mol. The second-order valence-electron chi connectivity index (χ2n) is 5.90. The molecule has 1 aliphatic heterocycles. The first-order valence-electron chi connectivity index (χ1n) is 7.24. The van der Waals surface area contributed by atoms with E-state index in [4.69, 9.17) is 4.74 Å². The van der Waals surface area contributed by atoms with Crippen LogP contribution < -0.4 is 5.32 Å². The van der Waals surface area contributed by atoms with Crippen molar-refractivity contribution in [1.29, 1.82) is 0 Å². The lowest BCUT2D eigenvalue weighted by Crippen LogP contribution is -2.53. The van der Waals surface area contributed by atoms with Gasteiger partial charge in [0, 0.05) is 25.7 Å². The van der Waals surface area contributed by atoms with Crippen LogP contribution in [0.25, 0.3) is 0 Å². The molecule has 0 aromatic heterocycles. The van der Waals surface area contributed by atoms with Gasteiger partial charge in [-0.3, -0.25) is 4.90 Å². The fraction of sp³-hybridized carbons (Fsp3) is 1.00. The predicted octanol–water partition coefficient (Wildman–Crippen LogP) is 2.02. The average Bonchev–Trinajstić information content (AvgIpc) is 2.53. The molecule has 1 atom stereocenters. The summed E-state index contributed by atoms with van der Waals surface area (Å²) in [6.07, 6.45) is 8.60. The third kappa shape index (κ3) is 3.67. The second kappa shape index (κ2) is 6.17. The van der Waals surface area contributed by atoms with Crippen LogP contribution in [0.3, 0.4) is 0 Å². The smallest absolute Gasteiger partial charge is 0.0670 e. The monoisotopic (exact) mass is 240 g/mol. The van der Waals surface area contributed by atoms with Gasteiger partial charge in [-0.05, 0) is 39.3 Å². The Balaban J connectivity index is 1.93. The molecule has 1 saturated heterocycles. The summed E-state index contributed by atoms with van der Waals surface area (Å²) in [5, 5.41) is 3.84. The zero-order chi connectivity index (χ0) is 12.1. The van der Waals surface area contributed by atoms with E-state index in [0.717, 1.165) is 6.54 Å². The van der Waals surface area contributed by atoms with Crippen LogP contribution in [0.2, 0.25) is 0 Å². The van der Waals surface area contributed by atoms with Gasteiger partial charge in [0.2, 0.25) is 0 Å². The molecule has 0 aromatic carbocycles. The van der Waals surface area contributed by atoms with Crippen molar-refractivity contribution in [2.24, 2.45) is 0 Å². The van der Waals surface area contributed by atoms with E-state index < -0.39 is 0 Å². The molecule has 1 spiro atoms. The number of rotatable bonds is 3. The van der Waals surface area contributed by atoms with Gasteiger partial charge in [0.1, 0.15) is 0 Å². The summed E-state index contributed by atoms with van der Waals surface area (Å²) in [5.41, 5.74) is 0.419. The van der Waals surface area contributed by atoms with Crippen molar-refractivity contribution in [3.8, 4) is 0 Å². The molecule has 1 heterocycles. The number of methoxy groups -OCH3 is 1. The number of ether oxygens (including phenoxy) is 1. The molecule has 3 heteroatoms. The van der Waals surface area contributed by atoms with Gasteiger partial charge in [-0.2, -0.15) is 0 Å². The van der Waals surface area contributed by atoms with Gasteiger partial charge in [-0.15, -0.1) is 0 Å². The molecule has 0 amide bonds. The van der Waals surface area contributed by atoms with Crippen molar-refractivity contribution in [2.75, 3.05) is 33.3 Å². The summed E-state index contributed by atoms with van der Waals surface area (Å²) < 4.78 is 5.41. The van der Waals surface area contributed by atoms with Crippen LogP contribution in [-0.4, -0.2) is 49.8 Å². The molecule has 1 N–H and O–H groups in total. The molecule has 3 nitrogen and oxygen atoms in total. The fourth-order valence-electron chi connectivity index (χ4n) is 3.38. The molecule has 2 aliphatic rings. The van der Waals surface area contributed by atoms with Crippen molar-refractivity contribution in [3.63, 3.8) is 0 Å². The molecule has 1 unspecified atom stereocenters. The summed E-state index contributed by atoms with van der Waals surface area (Å²) in [6, 6.07) is 0. The number of hydrogen-bond donors (Lipinski definition) is 1. The molecule has 100 valence electrons. The SMILES string of the molecule is COC(C)CN1CCCNC2(CCCCC2)C1. The zero-order valence-corrected chi connectivity index (χ0v) is 11.5.